The van der Waals surface area contributed by atoms with Crippen molar-refractivity contribution in [3.63, 3.8) is 0 Å². The lowest BCUT2D eigenvalue weighted by Gasteiger charge is -2.06. The van der Waals surface area contributed by atoms with Gasteiger partial charge < -0.3 is 5.32 Å². The zero-order valence-electron chi connectivity index (χ0n) is 13.6. The summed E-state index contributed by atoms with van der Waals surface area (Å²) in [5, 5.41) is 13.3. The third-order valence-corrected chi connectivity index (χ3v) is 3.78. The summed E-state index contributed by atoms with van der Waals surface area (Å²) in [5.74, 6) is -0.485. The summed E-state index contributed by atoms with van der Waals surface area (Å²) in [6.45, 7) is 0. The van der Waals surface area contributed by atoms with Gasteiger partial charge in [0.1, 0.15) is 0 Å². The second-order valence-corrected chi connectivity index (χ2v) is 5.53. The van der Waals surface area contributed by atoms with Crippen molar-refractivity contribution in [3.8, 4) is 0 Å². The molecular formula is C20H14N2O4. The molecule has 3 aromatic carbocycles. The molecular weight excluding hydrogens is 332 g/mol. The van der Waals surface area contributed by atoms with E-state index in [1.165, 1.54) is 24.3 Å². The Morgan fingerprint density at radius 2 is 1.27 bits per heavy atom. The van der Waals surface area contributed by atoms with Gasteiger partial charge >= 0.3 is 0 Å². The molecule has 128 valence electrons. The van der Waals surface area contributed by atoms with E-state index in [0.717, 1.165) is 0 Å². The SMILES string of the molecule is O=C(Nc1ccc(C(=O)c2ccccc2)cc1)c1ccc([N+](=O)[O-])cc1. The Labute approximate surface area is 149 Å². The minimum atomic E-state index is -0.524. The van der Waals surface area contributed by atoms with Crippen molar-refractivity contribution >= 4 is 23.1 Å². The predicted molar refractivity (Wildman–Crippen MR) is 97.4 cm³/mol. The number of nitro groups is 1. The van der Waals surface area contributed by atoms with E-state index in [2.05, 4.69) is 5.32 Å². The van der Waals surface area contributed by atoms with E-state index in [0.29, 0.717) is 22.4 Å². The Balaban J connectivity index is 1.70. The molecule has 3 rings (SSSR count). The maximum absolute atomic E-state index is 12.3. The van der Waals surface area contributed by atoms with Crippen LogP contribution in [0, 0.1) is 10.1 Å². The van der Waals surface area contributed by atoms with Gasteiger partial charge in [-0.25, -0.2) is 0 Å². The van der Waals surface area contributed by atoms with E-state index < -0.39 is 4.92 Å². The lowest BCUT2D eigenvalue weighted by atomic mass is 10.0. The molecule has 6 nitrogen and oxygen atoms in total. The number of ketones is 1. The molecule has 0 spiro atoms. The molecule has 0 unspecified atom stereocenters. The maximum Gasteiger partial charge on any atom is 0.269 e. The molecule has 26 heavy (non-hydrogen) atoms. The molecule has 0 aliphatic rings. The van der Waals surface area contributed by atoms with E-state index in [9.17, 15) is 19.7 Å². The lowest BCUT2D eigenvalue weighted by molar-refractivity contribution is -0.384. The number of carbonyl (C=O) groups is 2. The topological polar surface area (TPSA) is 89.3 Å². The Kier molecular flexibility index (Phi) is 4.85. The number of hydrogen-bond acceptors (Lipinski definition) is 4. The molecule has 1 N–H and O–H groups in total. The van der Waals surface area contributed by atoms with Crippen LogP contribution in [-0.2, 0) is 0 Å². The highest BCUT2D eigenvalue weighted by Crippen LogP contribution is 2.16. The van der Waals surface area contributed by atoms with Gasteiger partial charge in [-0.05, 0) is 36.4 Å². The quantitative estimate of drug-likeness (QED) is 0.428. The molecule has 0 aromatic heterocycles. The fraction of sp³-hybridized carbons (Fsp3) is 0. The molecule has 3 aromatic rings. The lowest BCUT2D eigenvalue weighted by Crippen LogP contribution is -2.12. The van der Waals surface area contributed by atoms with Gasteiger partial charge in [0, 0.05) is 34.5 Å². The molecule has 1 amide bonds. The fourth-order valence-corrected chi connectivity index (χ4v) is 2.40. The predicted octanol–water partition coefficient (Wildman–Crippen LogP) is 4.08. The monoisotopic (exact) mass is 346 g/mol. The van der Waals surface area contributed by atoms with Crippen molar-refractivity contribution in [2.75, 3.05) is 5.32 Å². The number of hydrogen-bond donors (Lipinski definition) is 1. The van der Waals surface area contributed by atoms with Gasteiger partial charge in [-0.1, -0.05) is 30.3 Å². The van der Waals surface area contributed by atoms with Gasteiger partial charge in [-0.15, -0.1) is 0 Å². The van der Waals surface area contributed by atoms with Crippen molar-refractivity contribution in [1.29, 1.82) is 0 Å². The number of benzene rings is 3. The highest BCUT2D eigenvalue weighted by atomic mass is 16.6. The number of carbonyl (C=O) groups excluding carboxylic acids is 2. The summed E-state index contributed by atoms with van der Waals surface area (Å²) in [4.78, 5) is 34.6. The number of nitrogens with zero attached hydrogens (tertiary/aromatic N) is 1. The van der Waals surface area contributed by atoms with Crippen molar-refractivity contribution in [3.05, 3.63) is 106 Å². The first-order valence-electron chi connectivity index (χ1n) is 7.80. The highest BCUT2D eigenvalue weighted by Gasteiger charge is 2.11. The smallest absolute Gasteiger partial charge is 0.269 e. The first-order chi connectivity index (χ1) is 12.5. The van der Waals surface area contributed by atoms with Crippen LogP contribution in [0.5, 0.6) is 0 Å². The minimum absolute atomic E-state index is 0.0784. The molecule has 0 atom stereocenters. The molecule has 6 heteroatoms. The number of rotatable bonds is 5. The summed E-state index contributed by atoms with van der Waals surface area (Å²) in [6, 6.07) is 20.8. The Morgan fingerprint density at radius 1 is 0.731 bits per heavy atom. The molecule has 0 saturated carbocycles. The third kappa shape index (κ3) is 3.81. The molecule has 0 aliphatic heterocycles. The highest BCUT2D eigenvalue weighted by molar-refractivity contribution is 6.09. The maximum atomic E-state index is 12.3. The van der Waals surface area contributed by atoms with E-state index in [1.807, 2.05) is 6.07 Å². The second-order valence-electron chi connectivity index (χ2n) is 5.53. The molecule has 0 bridgehead atoms. The van der Waals surface area contributed by atoms with Crippen LogP contribution in [0.1, 0.15) is 26.3 Å². The summed E-state index contributed by atoms with van der Waals surface area (Å²) in [6.07, 6.45) is 0. The summed E-state index contributed by atoms with van der Waals surface area (Å²) < 4.78 is 0. The normalized spacial score (nSPS) is 10.2. The largest absolute Gasteiger partial charge is 0.322 e. The van der Waals surface area contributed by atoms with Gasteiger partial charge in [0.15, 0.2) is 5.78 Å². The third-order valence-electron chi connectivity index (χ3n) is 3.78. The van der Waals surface area contributed by atoms with Crippen LogP contribution in [0.3, 0.4) is 0 Å². The van der Waals surface area contributed by atoms with Gasteiger partial charge in [-0.2, -0.15) is 0 Å². The van der Waals surface area contributed by atoms with Crippen LogP contribution in [0.15, 0.2) is 78.9 Å². The molecule has 0 radical (unpaired) electrons. The van der Waals surface area contributed by atoms with E-state index >= 15 is 0 Å². The summed E-state index contributed by atoms with van der Waals surface area (Å²) in [5.41, 5.74) is 1.86. The number of anilines is 1. The number of nitro benzene ring substituents is 1. The van der Waals surface area contributed by atoms with Gasteiger partial charge in [0.05, 0.1) is 4.92 Å². The van der Waals surface area contributed by atoms with Gasteiger partial charge in [0.2, 0.25) is 0 Å². The van der Waals surface area contributed by atoms with Crippen LogP contribution < -0.4 is 5.32 Å². The standard InChI is InChI=1S/C20H14N2O4/c23-19(14-4-2-1-3-5-14)15-6-10-17(11-7-15)21-20(24)16-8-12-18(13-9-16)22(25)26/h1-13H,(H,21,24). The minimum Gasteiger partial charge on any atom is -0.322 e. The summed E-state index contributed by atoms with van der Waals surface area (Å²) in [7, 11) is 0. The van der Waals surface area contributed by atoms with Crippen LogP contribution in [-0.4, -0.2) is 16.6 Å². The first kappa shape index (κ1) is 17.0. The van der Waals surface area contributed by atoms with Gasteiger partial charge in [0.25, 0.3) is 11.6 Å². The van der Waals surface area contributed by atoms with Crippen LogP contribution in [0.2, 0.25) is 0 Å². The summed E-state index contributed by atoms with van der Waals surface area (Å²) >= 11 is 0. The van der Waals surface area contributed by atoms with Crippen LogP contribution in [0.4, 0.5) is 11.4 Å². The molecule has 0 aliphatic carbocycles. The van der Waals surface area contributed by atoms with E-state index in [4.69, 9.17) is 0 Å². The van der Waals surface area contributed by atoms with E-state index in [1.54, 1.807) is 48.5 Å². The van der Waals surface area contributed by atoms with Crippen molar-refractivity contribution in [1.82, 2.24) is 0 Å². The van der Waals surface area contributed by atoms with Crippen LogP contribution >= 0.6 is 0 Å². The number of amides is 1. The van der Waals surface area contributed by atoms with Crippen molar-refractivity contribution in [2.24, 2.45) is 0 Å². The molecule has 0 fully saturated rings. The zero-order chi connectivity index (χ0) is 18.5. The molecule has 0 heterocycles. The average molecular weight is 346 g/mol. The first-order valence-corrected chi connectivity index (χ1v) is 7.80. The zero-order valence-corrected chi connectivity index (χ0v) is 13.6. The Hall–Kier alpha value is -3.80. The van der Waals surface area contributed by atoms with E-state index in [-0.39, 0.29) is 17.4 Å². The van der Waals surface area contributed by atoms with Crippen molar-refractivity contribution < 1.29 is 14.5 Å². The Bertz CT molecular complexity index is 949. The van der Waals surface area contributed by atoms with Gasteiger partial charge in [-0.3, -0.25) is 19.7 Å². The number of non-ortho nitro benzene ring substituents is 1. The Morgan fingerprint density at radius 3 is 1.85 bits per heavy atom. The number of nitrogens with one attached hydrogen (secondary N) is 1. The van der Waals surface area contributed by atoms with Crippen molar-refractivity contribution in [2.45, 2.75) is 0 Å². The second kappa shape index (κ2) is 7.40. The molecule has 0 saturated heterocycles. The average Bonchev–Trinajstić information content (AvgIpc) is 2.68. The fourth-order valence-electron chi connectivity index (χ4n) is 2.40. The van der Waals surface area contributed by atoms with Crippen LogP contribution in [0.25, 0.3) is 0 Å².